The summed E-state index contributed by atoms with van der Waals surface area (Å²) in [4.78, 5) is 29.4. The fourth-order valence-electron chi connectivity index (χ4n) is 4.52. The SMILES string of the molecule is O=C(CCCN1C(=O)c2cccc3cccc1c23)N1CCCc2ccccc21. The number of aryl methyl sites for hydroxylation is 1. The number of fused-ring (bicyclic) bond motifs is 1. The number of hydrogen-bond acceptors (Lipinski definition) is 2. The van der Waals surface area contributed by atoms with Crippen molar-refractivity contribution in [2.45, 2.75) is 25.7 Å². The molecule has 0 aliphatic carbocycles. The van der Waals surface area contributed by atoms with Crippen LogP contribution in [0.2, 0.25) is 0 Å². The van der Waals surface area contributed by atoms with E-state index in [1.54, 1.807) is 0 Å². The molecule has 4 nitrogen and oxygen atoms in total. The predicted octanol–water partition coefficient (Wildman–Crippen LogP) is 4.56. The monoisotopic (exact) mass is 370 g/mol. The zero-order valence-corrected chi connectivity index (χ0v) is 15.7. The third-order valence-electron chi connectivity index (χ3n) is 5.83. The average Bonchev–Trinajstić information content (AvgIpc) is 3.01. The molecular formula is C24H22N2O2. The summed E-state index contributed by atoms with van der Waals surface area (Å²) >= 11 is 0. The lowest BCUT2D eigenvalue weighted by Crippen LogP contribution is -2.36. The van der Waals surface area contributed by atoms with Gasteiger partial charge < -0.3 is 9.80 Å². The summed E-state index contributed by atoms with van der Waals surface area (Å²) in [5, 5.41) is 2.12. The van der Waals surface area contributed by atoms with E-state index < -0.39 is 0 Å². The summed E-state index contributed by atoms with van der Waals surface area (Å²) in [6.45, 7) is 1.34. The first-order valence-corrected chi connectivity index (χ1v) is 9.96. The zero-order valence-electron chi connectivity index (χ0n) is 15.7. The van der Waals surface area contributed by atoms with Gasteiger partial charge in [-0.25, -0.2) is 0 Å². The number of benzene rings is 3. The second-order valence-electron chi connectivity index (χ2n) is 7.52. The number of nitrogens with zero attached hydrogens (tertiary/aromatic N) is 2. The van der Waals surface area contributed by atoms with Crippen molar-refractivity contribution < 1.29 is 9.59 Å². The van der Waals surface area contributed by atoms with Gasteiger partial charge in [-0.05, 0) is 48.4 Å². The Balaban J connectivity index is 1.29. The van der Waals surface area contributed by atoms with E-state index in [1.807, 2.05) is 64.4 Å². The van der Waals surface area contributed by atoms with Crippen LogP contribution >= 0.6 is 0 Å². The summed E-state index contributed by atoms with van der Waals surface area (Å²) in [5.74, 6) is 0.192. The van der Waals surface area contributed by atoms with Crippen molar-refractivity contribution >= 4 is 34.0 Å². The van der Waals surface area contributed by atoms with Gasteiger partial charge in [0.15, 0.2) is 0 Å². The molecule has 0 spiro atoms. The van der Waals surface area contributed by atoms with Crippen LogP contribution in [-0.4, -0.2) is 24.9 Å². The number of para-hydroxylation sites is 1. The molecule has 0 fully saturated rings. The first-order chi connectivity index (χ1) is 13.7. The minimum absolute atomic E-state index is 0.0440. The molecule has 2 aliphatic heterocycles. The normalized spacial score (nSPS) is 15.2. The van der Waals surface area contributed by atoms with Crippen molar-refractivity contribution in [2.75, 3.05) is 22.9 Å². The molecule has 0 N–H and O–H groups in total. The number of rotatable bonds is 4. The minimum atomic E-state index is 0.0440. The molecule has 0 aromatic heterocycles. The van der Waals surface area contributed by atoms with Crippen molar-refractivity contribution in [3.63, 3.8) is 0 Å². The van der Waals surface area contributed by atoms with Crippen molar-refractivity contribution in [3.05, 3.63) is 71.8 Å². The van der Waals surface area contributed by atoms with Crippen LogP contribution in [0, 0.1) is 0 Å². The molecule has 4 heteroatoms. The van der Waals surface area contributed by atoms with Crippen LogP contribution < -0.4 is 9.80 Å². The Labute approximate surface area is 164 Å². The van der Waals surface area contributed by atoms with E-state index in [0.717, 1.165) is 47.1 Å². The summed E-state index contributed by atoms with van der Waals surface area (Å²) in [5.41, 5.74) is 4.03. The average molecular weight is 370 g/mol. The highest BCUT2D eigenvalue weighted by Crippen LogP contribution is 2.37. The zero-order chi connectivity index (χ0) is 19.1. The topological polar surface area (TPSA) is 40.6 Å². The molecule has 140 valence electrons. The quantitative estimate of drug-likeness (QED) is 0.675. The molecule has 3 aromatic rings. The third kappa shape index (κ3) is 2.68. The fraction of sp³-hybridized carbons (Fsp3) is 0.250. The maximum atomic E-state index is 12.8. The van der Waals surface area contributed by atoms with Gasteiger partial charge in [-0.2, -0.15) is 0 Å². The summed E-state index contributed by atoms with van der Waals surface area (Å²) in [7, 11) is 0. The van der Waals surface area contributed by atoms with E-state index >= 15 is 0 Å². The van der Waals surface area contributed by atoms with Gasteiger partial charge in [0, 0.05) is 36.1 Å². The second-order valence-corrected chi connectivity index (χ2v) is 7.52. The highest BCUT2D eigenvalue weighted by molar-refractivity contribution is 6.25. The highest BCUT2D eigenvalue weighted by Gasteiger charge is 2.29. The summed E-state index contributed by atoms with van der Waals surface area (Å²) in [6, 6.07) is 20.1. The Kier molecular flexibility index (Phi) is 4.12. The first-order valence-electron chi connectivity index (χ1n) is 9.96. The number of amides is 2. The third-order valence-corrected chi connectivity index (χ3v) is 5.83. The number of anilines is 2. The van der Waals surface area contributed by atoms with Gasteiger partial charge in [0.25, 0.3) is 5.91 Å². The Morgan fingerprint density at radius 1 is 0.929 bits per heavy atom. The van der Waals surface area contributed by atoms with Crippen LogP contribution in [0.4, 0.5) is 11.4 Å². The lowest BCUT2D eigenvalue weighted by atomic mass is 10.0. The number of carbonyl (C=O) groups is 2. The van der Waals surface area contributed by atoms with Gasteiger partial charge in [-0.15, -0.1) is 0 Å². The molecule has 5 rings (SSSR count). The second kappa shape index (κ2) is 6.79. The molecule has 0 saturated carbocycles. The lowest BCUT2D eigenvalue weighted by molar-refractivity contribution is -0.118. The maximum Gasteiger partial charge on any atom is 0.258 e. The number of carbonyl (C=O) groups excluding carboxylic acids is 2. The van der Waals surface area contributed by atoms with E-state index in [4.69, 9.17) is 0 Å². The molecule has 0 unspecified atom stereocenters. The van der Waals surface area contributed by atoms with Crippen LogP contribution in [0.25, 0.3) is 10.8 Å². The smallest absolute Gasteiger partial charge is 0.258 e. The van der Waals surface area contributed by atoms with E-state index in [-0.39, 0.29) is 11.8 Å². The Morgan fingerprint density at radius 3 is 2.61 bits per heavy atom. The molecule has 0 bridgehead atoms. The van der Waals surface area contributed by atoms with Crippen molar-refractivity contribution in [3.8, 4) is 0 Å². The maximum absolute atomic E-state index is 12.8. The van der Waals surface area contributed by atoms with Crippen LogP contribution in [-0.2, 0) is 11.2 Å². The van der Waals surface area contributed by atoms with Crippen molar-refractivity contribution in [1.29, 1.82) is 0 Å². The molecule has 3 aromatic carbocycles. The van der Waals surface area contributed by atoms with Crippen molar-refractivity contribution in [2.24, 2.45) is 0 Å². The Hall–Kier alpha value is -3.14. The van der Waals surface area contributed by atoms with Gasteiger partial charge in [0.1, 0.15) is 0 Å². The summed E-state index contributed by atoms with van der Waals surface area (Å²) < 4.78 is 0. The van der Waals surface area contributed by atoms with Crippen LogP contribution in [0.5, 0.6) is 0 Å². The molecule has 0 radical (unpaired) electrons. The van der Waals surface area contributed by atoms with Gasteiger partial charge in [-0.3, -0.25) is 9.59 Å². The van der Waals surface area contributed by atoms with Crippen molar-refractivity contribution in [1.82, 2.24) is 0 Å². The molecule has 2 heterocycles. The molecule has 28 heavy (non-hydrogen) atoms. The number of hydrogen-bond donors (Lipinski definition) is 0. The van der Waals surface area contributed by atoms with E-state index in [9.17, 15) is 9.59 Å². The Morgan fingerprint density at radius 2 is 1.71 bits per heavy atom. The largest absolute Gasteiger partial charge is 0.312 e. The predicted molar refractivity (Wildman–Crippen MR) is 112 cm³/mol. The van der Waals surface area contributed by atoms with Gasteiger partial charge in [0.2, 0.25) is 5.91 Å². The van der Waals surface area contributed by atoms with Crippen LogP contribution in [0.1, 0.15) is 35.2 Å². The van der Waals surface area contributed by atoms with Crippen LogP contribution in [0.15, 0.2) is 60.7 Å². The first kappa shape index (κ1) is 17.0. The molecular weight excluding hydrogens is 348 g/mol. The molecule has 0 atom stereocenters. The van der Waals surface area contributed by atoms with E-state index in [1.165, 1.54) is 5.56 Å². The van der Waals surface area contributed by atoms with E-state index in [2.05, 4.69) is 6.07 Å². The molecule has 2 aliphatic rings. The Bertz CT molecular complexity index is 1080. The van der Waals surface area contributed by atoms with Crippen LogP contribution in [0.3, 0.4) is 0 Å². The fourth-order valence-corrected chi connectivity index (χ4v) is 4.52. The van der Waals surface area contributed by atoms with Gasteiger partial charge >= 0.3 is 0 Å². The highest BCUT2D eigenvalue weighted by atomic mass is 16.2. The lowest BCUT2D eigenvalue weighted by Gasteiger charge is -2.29. The van der Waals surface area contributed by atoms with Gasteiger partial charge in [0.05, 0.1) is 5.69 Å². The van der Waals surface area contributed by atoms with Gasteiger partial charge in [-0.1, -0.05) is 42.5 Å². The molecule has 2 amide bonds. The minimum Gasteiger partial charge on any atom is -0.312 e. The summed E-state index contributed by atoms with van der Waals surface area (Å²) in [6.07, 6.45) is 3.15. The molecule has 0 saturated heterocycles. The van der Waals surface area contributed by atoms with E-state index in [0.29, 0.717) is 19.4 Å². The standard InChI is InChI=1S/C24H22N2O2/c27-22(25-15-5-10-17-7-1-2-12-20(17)25)14-6-16-26-21-13-4-9-18-8-3-11-19(23(18)21)24(26)28/h1-4,7-9,11-13H,5-6,10,14-16H2.